The minimum absolute atomic E-state index is 0.0538. The van der Waals surface area contributed by atoms with E-state index in [0.29, 0.717) is 24.7 Å². The van der Waals surface area contributed by atoms with E-state index in [9.17, 15) is 0 Å². The normalized spacial score (nSPS) is 19.8. The Morgan fingerprint density at radius 2 is 2.48 bits per heavy atom. The Hall–Kier alpha value is -2.32. The van der Waals surface area contributed by atoms with Crippen LogP contribution >= 0.6 is 0 Å². The van der Waals surface area contributed by atoms with E-state index in [2.05, 4.69) is 25.8 Å². The largest absolute Gasteiger partial charge is 0.409 e. The fourth-order valence-electron chi connectivity index (χ4n) is 2.35. The van der Waals surface area contributed by atoms with Gasteiger partial charge in [-0.1, -0.05) is 11.2 Å². The van der Waals surface area contributed by atoms with Crippen molar-refractivity contribution in [2.24, 2.45) is 10.9 Å². The molecule has 8 nitrogen and oxygen atoms in total. The minimum atomic E-state index is 0.0538. The summed E-state index contributed by atoms with van der Waals surface area (Å²) in [7, 11) is 0. The van der Waals surface area contributed by atoms with E-state index in [4.69, 9.17) is 15.7 Å². The minimum Gasteiger partial charge on any atom is -0.409 e. The van der Waals surface area contributed by atoms with Crippen molar-refractivity contribution in [1.82, 2.24) is 15.3 Å². The molecule has 1 aromatic carbocycles. The number of para-hydroxylation sites is 1. The fourth-order valence-corrected chi connectivity index (χ4v) is 2.35. The SMILES string of the molecule is NC(=NO)c1cccc2nc(NCC3COCCN3)[nH]c12. The quantitative estimate of drug-likeness (QED) is 0.235. The third-order valence-electron chi connectivity index (χ3n) is 3.42. The Morgan fingerprint density at radius 3 is 3.24 bits per heavy atom. The molecule has 112 valence electrons. The number of hydrogen-bond acceptors (Lipinski definition) is 6. The Bertz CT molecular complexity index is 647. The van der Waals surface area contributed by atoms with Crippen LogP contribution in [-0.4, -0.2) is 53.4 Å². The molecule has 21 heavy (non-hydrogen) atoms. The average molecular weight is 290 g/mol. The smallest absolute Gasteiger partial charge is 0.201 e. The zero-order valence-corrected chi connectivity index (χ0v) is 11.5. The second-order valence-corrected chi connectivity index (χ2v) is 4.88. The highest BCUT2D eigenvalue weighted by atomic mass is 16.5. The van der Waals surface area contributed by atoms with Crippen molar-refractivity contribution in [3.63, 3.8) is 0 Å². The van der Waals surface area contributed by atoms with Crippen molar-refractivity contribution in [1.29, 1.82) is 0 Å². The number of nitrogens with one attached hydrogen (secondary N) is 3. The molecule has 1 aliphatic rings. The van der Waals surface area contributed by atoms with E-state index in [0.717, 1.165) is 24.2 Å². The van der Waals surface area contributed by atoms with Crippen LogP contribution in [0, 0.1) is 0 Å². The third-order valence-corrected chi connectivity index (χ3v) is 3.42. The van der Waals surface area contributed by atoms with Crippen molar-refractivity contribution < 1.29 is 9.94 Å². The molecule has 0 bridgehead atoms. The van der Waals surface area contributed by atoms with Gasteiger partial charge in [-0.2, -0.15) is 0 Å². The summed E-state index contributed by atoms with van der Waals surface area (Å²) in [5, 5.41) is 18.5. The second kappa shape index (κ2) is 5.98. The Kier molecular flexibility index (Phi) is 3.89. The molecule has 0 amide bonds. The van der Waals surface area contributed by atoms with Crippen LogP contribution in [0.25, 0.3) is 11.0 Å². The lowest BCUT2D eigenvalue weighted by atomic mass is 10.2. The van der Waals surface area contributed by atoms with Crippen LogP contribution < -0.4 is 16.4 Å². The summed E-state index contributed by atoms with van der Waals surface area (Å²) in [4.78, 5) is 7.60. The van der Waals surface area contributed by atoms with Gasteiger partial charge < -0.3 is 31.3 Å². The van der Waals surface area contributed by atoms with Crippen LogP contribution in [0.3, 0.4) is 0 Å². The van der Waals surface area contributed by atoms with E-state index in [1.165, 1.54) is 0 Å². The van der Waals surface area contributed by atoms with Gasteiger partial charge in [0.25, 0.3) is 0 Å². The number of benzene rings is 1. The van der Waals surface area contributed by atoms with Crippen LogP contribution in [0.2, 0.25) is 0 Å². The first-order valence-electron chi connectivity index (χ1n) is 6.79. The molecular formula is C13H18N6O2. The number of nitrogens with two attached hydrogens (primary N) is 1. The molecule has 3 rings (SSSR count). The van der Waals surface area contributed by atoms with Crippen LogP contribution in [-0.2, 0) is 4.74 Å². The van der Waals surface area contributed by atoms with Gasteiger partial charge in [0.05, 0.1) is 24.2 Å². The van der Waals surface area contributed by atoms with Crippen LogP contribution in [0.4, 0.5) is 5.95 Å². The molecule has 1 fully saturated rings. The maximum Gasteiger partial charge on any atom is 0.201 e. The number of nitrogens with zero attached hydrogens (tertiary/aromatic N) is 2. The van der Waals surface area contributed by atoms with Gasteiger partial charge in [0.15, 0.2) is 5.84 Å². The summed E-state index contributed by atoms with van der Waals surface area (Å²) in [6.45, 7) is 3.01. The van der Waals surface area contributed by atoms with Crippen LogP contribution in [0.15, 0.2) is 23.4 Å². The Balaban J connectivity index is 1.77. The van der Waals surface area contributed by atoms with E-state index in [1.807, 2.05) is 12.1 Å². The summed E-state index contributed by atoms with van der Waals surface area (Å²) in [5.41, 5.74) is 7.78. The monoisotopic (exact) mass is 290 g/mol. The number of rotatable bonds is 4. The van der Waals surface area contributed by atoms with Gasteiger partial charge in [0, 0.05) is 24.7 Å². The van der Waals surface area contributed by atoms with Crippen molar-refractivity contribution in [2.75, 3.05) is 31.6 Å². The van der Waals surface area contributed by atoms with E-state index < -0.39 is 0 Å². The molecule has 0 aliphatic carbocycles. The first-order chi connectivity index (χ1) is 10.3. The van der Waals surface area contributed by atoms with Crippen LogP contribution in [0.5, 0.6) is 0 Å². The maximum absolute atomic E-state index is 8.82. The van der Waals surface area contributed by atoms with E-state index >= 15 is 0 Å². The fraction of sp³-hybridized carbons (Fsp3) is 0.385. The summed E-state index contributed by atoms with van der Waals surface area (Å²) in [6, 6.07) is 5.72. The predicted molar refractivity (Wildman–Crippen MR) is 79.7 cm³/mol. The second-order valence-electron chi connectivity index (χ2n) is 4.88. The summed E-state index contributed by atoms with van der Waals surface area (Å²) >= 11 is 0. The zero-order chi connectivity index (χ0) is 14.7. The molecule has 1 saturated heterocycles. The molecule has 1 atom stereocenters. The lowest BCUT2D eigenvalue weighted by molar-refractivity contribution is 0.0806. The number of hydrogen-bond donors (Lipinski definition) is 5. The summed E-state index contributed by atoms with van der Waals surface area (Å²) in [6.07, 6.45) is 0. The molecule has 0 radical (unpaired) electrons. The standard InChI is InChI=1S/C13H18N6O2/c14-12(19-20)9-2-1-3-10-11(9)18-13(17-10)16-6-8-7-21-5-4-15-8/h1-3,8,15,20H,4-7H2,(H2,14,19)(H2,16,17,18). The van der Waals surface area contributed by atoms with Crippen LogP contribution in [0.1, 0.15) is 5.56 Å². The van der Waals surface area contributed by atoms with Gasteiger partial charge >= 0.3 is 0 Å². The van der Waals surface area contributed by atoms with Gasteiger partial charge in [-0.25, -0.2) is 4.98 Å². The molecular weight excluding hydrogens is 272 g/mol. The zero-order valence-electron chi connectivity index (χ0n) is 11.5. The molecule has 0 saturated carbocycles. The summed E-state index contributed by atoms with van der Waals surface area (Å²) < 4.78 is 5.40. The van der Waals surface area contributed by atoms with Gasteiger partial charge in [0.2, 0.25) is 5.95 Å². The third kappa shape index (κ3) is 2.91. The van der Waals surface area contributed by atoms with Crippen molar-refractivity contribution in [2.45, 2.75) is 6.04 Å². The molecule has 1 aromatic heterocycles. The number of anilines is 1. The number of H-pyrrole nitrogens is 1. The molecule has 0 spiro atoms. The number of aromatic nitrogens is 2. The number of imidazole rings is 1. The molecule has 1 unspecified atom stereocenters. The average Bonchev–Trinajstić information content (AvgIpc) is 2.96. The number of oxime groups is 1. The highest BCUT2D eigenvalue weighted by molar-refractivity contribution is 6.07. The number of amidine groups is 1. The van der Waals surface area contributed by atoms with E-state index in [1.54, 1.807) is 6.07 Å². The highest BCUT2D eigenvalue weighted by Gasteiger charge is 2.14. The Labute approximate surface area is 121 Å². The lowest BCUT2D eigenvalue weighted by Crippen LogP contribution is -2.45. The first kappa shape index (κ1) is 13.7. The van der Waals surface area contributed by atoms with Gasteiger partial charge in [0.1, 0.15) is 0 Å². The molecule has 2 heterocycles. The highest BCUT2D eigenvalue weighted by Crippen LogP contribution is 2.18. The molecule has 6 N–H and O–H groups in total. The lowest BCUT2D eigenvalue weighted by Gasteiger charge is -2.23. The first-order valence-corrected chi connectivity index (χ1v) is 6.79. The van der Waals surface area contributed by atoms with Gasteiger partial charge in [-0.15, -0.1) is 0 Å². The van der Waals surface area contributed by atoms with Gasteiger partial charge in [-0.3, -0.25) is 0 Å². The van der Waals surface area contributed by atoms with Crippen molar-refractivity contribution in [3.05, 3.63) is 23.8 Å². The van der Waals surface area contributed by atoms with E-state index in [-0.39, 0.29) is 11.9 Å². The number of morpholine rings is 1. The molecule has 1 aliphatic heterocycles. The number of fused-ring (bicyclic) bond motifs is 1. The van der Waals surface area contributed by atoms with Gasteiger partial charge in [-0.05, 0) is 12.1 Å². The number of aromatic amines is 1. The predicted octanol–water partition coefficient (Wildman–Crippen LogP) is 0.0577. The van der Waals surface area contributed by atoms with Crippen molar-refractivity contribution in [3.8, 4) is 0 Å². The van der Waals surface area contributed by atoms with Crippen molar-refractivity contribution >= 4 is 22.8 Å². The molecule has 8 heteroatoms. The molecule has 2 aromatic rings. The topological polar surface area (TPSA) is 121 Å². The maximum atomic E-state index is 8.82. The Morgan fingerprint density at radius 1 is 1.57 bits per heavy atom. The summed E-state index contributed by atoms with van der Waals surface area (Å²) in [5.74, 6) is 0.703. The number of ether oxygens (including phenoxy) is 1.